The number of carbonyl (C=O) groups is 2. The summed E-state index contributed by atoms with van der Waals surface area (Å²) >= 11 is 0. The lowest BCUT2D eigenvalue weighted by atomic mass is 10.0. The summed E-state index contributed by atoms with van der Waals surface area (Å²) in [5.74, 6) is -1.51. The summed E-state index contributed by atoms with van der Waals surface area (Å²) in [4.78, 5) is 38.8. The van der Waals surface area contributed by atoms with Crippen molar-refractivity contribution < 1.29 is 23.1 Å². The molecule has 0 bridgehead atoms. The van der Waals surface area contributed by atoms with Gasteiger partial charge in [0.05, 0.1) is 12.2 Å². The molecule has 0 radical (unpaired) electrons. The number of carbonyl (C=O) groups excluding carboxylic acids is 2. The van der Waals surface area contributed by atoms with E-state index in [1.165, 1.54) is 25.5 Å². The van der Waals surface area contributed by atoms with Gasteiger partial charge in [0, 0.05) is 25.0 Å². The zero-order valence-electron chi connectivity index (χ0n) is 18.6. The molecule has 1 aromatic carbocycles. The highest BCUT2D eigenvalue weighted by molar-refractivity contribution is 5.99. The van der Waals surface area contributed by atoms with E-state index in [1.54, 1.807) is 39.0 Å². The molecule has 33 heavy (non-hydrogen) atoms. The number of benzene rings is 1. The molecular formula is C23H23F2N5O3. The maximum absolute atomic E-state index is 14.0. The highest BCUT2D eigenvalue weighted by Gasteiger charge is 2.20. The van der Waals surface area contributed by atoms with Crippen molar-refractivity contribution in [2.24, 2.45) is 0 Å². The average molecular weight is 455 g/mol. The molecule has 0 fully saturated rings. The number of halogens is 2. The van der Waals surface area contributed by atoms with E-state index in [4.69, 9.17) is 4.74 Å². The van der Waals surface area contributed by atoms with Crippen molar-refractivity contribution in [1.29, 1.82) is 0 Å². The Kier molecular flexibility index (Phi) is 7.27. The van der Waals surface area contributed by atoms with Crippen LogP contribution < -0.4 is 15.0 Å². The quantitative estimate of drug-likeness (QED) is 0.587. The number of nitrogens with one attached hydrogen (secondary N) is 1. The molecule has 0 aliphatic heterocycles. The first-order valence-electron chi connectivity index (χ1n) is 10.0. The van der Waals surface area contributed by atoms with E-state index in [0.717, 1.165) is 10.5 Å². The fourth-order valence-corrected chi connectivity index (χ4v) is 3.11. The van der Waals surface area contributed by atoms with Crippen LogP contribution in [-0.4, -0.2) is 47.2 Å². The maximum Gasteiger partial charge on any atom is 0.289 e. The number of aryl methyl sites for hydroxylation is 2. The minimum Gasteiger partial charge on any atom is -0.459 e. The van der Waals surface area contributed by atoms with E-state index in [0.29, 0.717) is 22.4 Å². The first-order chi connectivity index (χ1) is 15.7. The van der Waals surface area contributed by atoms with E-state index in [-0.39, 0.29) is 29.8 Å². The second-order valence-electron chi connectivity index (χ2n) is 7.36. The zero-order valence-corrected chi connectivity index (χ0v) is 18.6. The van der Waals surface area contributed by atoms with Crippen LogP contribution in [0.3, 0.4) is 0 Å². The van der Waals surface area contributed by atoms with Crippen LogP contribution in [0.5, 0.6) is 5.75 Å². The van der Waals surface area contributed by atoms with Crippen molar-refractivity contribution in [1.82, 2.24) is 20.3 Å². The van der Waals surface area contributed by atoms with Crippen molar-refractivity contribution in [2.75, 3.05) is 25.4 Å². The molecule has 172 valence electrons. The van der Waals surface area contributed by atoms with Crippen molar-refractivity contribution in [3.05, 3.63) is 65.0 Å². The number of nitrogens with zero attached hydrogens (tertiary/aromatic N) is 4. The molecule has 0 spiro atoms. The van der Waals surface area contributed by atoms with Crippen molar-refractivity contribution in [2.45, 2.75) is 20.8 Å². The van der Waals surface area contributed by atoms with Crippen molar-refractivity contribution >= 4 is 17.6 Å². The fraction of sp³-hybridized carbons (Fsp3) is 0.261. The summed E-state index contributed by atoms with van der Waals surface area (Å²) in [7, 11) is 1.43. The standard InChI is InChI=1S/C23H23F2N5O3/c1-13-8-18(33-12-24)22(27-9-13)30(4)19(31)11-28-23(32)21-26-10-14(2)20(29-21)16-6-5-7-17(25)15(16)3/h5-10H,11-12H2,1-4H3,(H,28,32). The summed E-state index contributed by atoms with van der Waals surface area (Å²) in [6.45, 7) is 3.68. The second-order valence-corrected chi connectivity index (χ2v) is 7.36. The first-order valence-corrected chi connectivity index (χ1v) is 10.0. The zero-order chi connectivity index (χ0) is 24.1. The van der Waals surface area contributed by atoms with E-state index in [1.807, 2.05) is 0 Å². The molecule has 0 saturated carbocycles. The largest absolute Gasteiger partial charge is 0.459 e. The Morgan fingerprint density at radius 3 is 2.64 bits per heavy atom. The maximum atomic E-state index is 14.0. The summed E-state index contributed by atoms with van der Waals surface area (Å²) in [6.07, 6.45) is 2.98. The first kappa shape index (κ1) is 23.7. The van der Waals surface area contributed by atoms with Crippen LogP contribution in [-0.2, 0) is 4.79 Å². The fourth-order valence-electron chi connectivity index (χ4n) is 3.11. The molecule has 0 unspecified atom stereocenters. The molecule has 1 N–H and O–H groups in total. The molecule has 0 atom stereocenters. The highest BCUT2D eigenvalue weighted by atomic mass is 19.1. The van der Waals surface area contributed by atoms with Gasteiger partial charge in [-0.15, -0.1) is 0 Å². The minimum atomic E-state index is -1.07. The molecule has 0 aliphatic carbocycles. The van der Waals surface area contributed by atoms with Gasteiger partial charge in [-0.2, -0.15) is 0 Å². The molecule has 3 aromatic rings. The Hall–Kier alpha value is -3.95. The molecule has 2 aromatic heterocycles. The smallest absolute Gasteiger partial charge is 0.289 e. The molecule has 8 nitrogen and oxygen atoms in total. The van der Waals surface area contributed by atoms with Gasteiger partial charge in [-0.3, -0.25) is 14.5 Å². The molecule has 2 heterocycles. The molecule has 10 heteroatoms. The summed E-state index contributed by atoms with van der Waals surface area (Å²) in [5.41, 5.74) is 2.77. The summed E-state index contributed by atoms with van der Waals surface area (Å²) in [5, 5.41) is 2.46. The normalized spacial score (nSPS) is 10.6. The van der Waals surface area contributed by atoms with Crippen LogP contribution in [0, 0.1) is 26.6 Å². The van der Waals surface area contributed by atoms with Gasteiger partial charge in [0.15, 0.2) is 11.6 Å². The molecular weight excluding hydrogens is 432 g/mol. The number of likely N-dealkylation sites (N-methyl/N-ethyl adjacent to an activating group) is 1. The molecule has 3 rings (SSSR count). The molecule has 2 amide bonds. The number of ether oxygens (including phenoxy) is 1. The van der Waals surface area contributed by atoms with Crippen LogP contribution in [0.4, 0.5) is 14.6 Å². The SMILES string of the molecule is Cc1cnc(N(C)C(=O)CNC(=O)c2ncc(C)c(-c3cccc(F)c3C)n2)c(OCF)c1. The number of anilines is 1. The average Bonchev–Trinajstić information content (AvgIpc) is 2.79. The van der Waals surface area contributed by atoms with E-state index >= 15 is 0 Å². The van der Waals surface area contributed by atoms with Crippen molar-refractivity contribution in [3.8, 4) is 17.0 Å². The van der Waals surface area contributed by atoms with Gasteiger partial charge in [-0.1, -0.05) is 12.1 Å². The van der Waals surface area contributed by atoms with E-state index in [2.05, 4.69) is 20.3 Å². The number of aromatic nitrogens is 3. The third kappa shape index (κ3) is 5.28. The van der Waals surface area contributed by atoms with Crippen LogP contribution in [0.15, 0.2) is 36.7 Å². The Balaban J connectivity index is 1.75. The molecule has 0 saturated heterocycles. The van der Waals surface area contributed by atoms with E-state index in [9.17, 15) is 18.4 Å². The minimum absolute atomic E-state index is 0.108. The van der Waals surface area contributed by atoms with Gasteiger partial charge < -0.3 is 10.1 Å². The number of pyridine rings is 1. The number of rotatable bonds is 7. The third-order valence-electron chi connectivity index (χ3n) is 4.97. The van der Waals surface area contributed by atoms with Crippen LogP contribution >= 0.6 is 0 Å². The predicted molar refractivity (Wildman–Crippen MR) is 118 cm³/mol. The topological polar surface area (TPSA) is 97.3 Å². The predicted octanol–water partition coefficient (Wildman–Crippen LogP) is 3.30. The highest BCUT2D eigenvalue weighted by Crippen LogP contribution is 2.27. The third-order valence-corrected chi connectivity index (χ3v) is 4.97. The summed E-state index contributed by atoms with van der Waals surface area (Å²) < 4.78 is 31.6. The van der Waals surface area contributed by atoms with Gasteiger partial charge in [0.1, 0.15) is 5.82 Å². The van der Waals surface area contributed by atoms with Gasteiger partial charge >= 0.3 is 0 Å². The Bertz CT molecular complexity index is 1200. The lowest BCUT2D eigenvalue weighted by Gasteiger charge is -2.19. The second kappa shape index (κ2) is 10.1. The Morgan fingerprint density at radius 1 is 1.15 bits per heavy atom. The van der Waals surface area contributed by atoms with E-state index < -0.39 is 18.7 Å². The number of alkyl halides is 1. The lowest BCUT2D eigenvalue weighted by molar-refractivity contribution is -0.117. The Morgan fingerprint density at radius 2 is 1.91 bits per heavy atom. The number of hydrogen-bond donors (Lipinski definition) is 1. The Labute approximate surface area is 189 Å². The lowest BCUT2D eigenvalue weighted by Crippen LogP contribution is -2.39. The van der Waals surface area contributed by atoms with Gasteiger partial charge in [0.25, 0.3) is 5.91 Å². The van der Waals surface area contributed by atoms with Gasteiger partial charge in [-0.25, -0.2) is 23.7 Å². The van der Waals surface area contributed by atoms with Crippen LogP contribution in [0.2, 0.25) is 0 Å². The van der Waals surface area contributed by atoms with Gasteiger partial charge in [-0.05, 0) is 49.6 Å². The van der Waals surface area contributed by atoms with Crippen LogP contribution in [0.25, 0.3) is 11.3 Å². The van der Waals surface area contributed by atoms with Gasteiger partial charge in [0.2, 0.25) is 18.6 Å². The van der Waals surface area contributed by atoms with Crippen molar-refractivity contribution in [3.63, 3.8) is 0 Å². The number of hydrogen-bond acceptors (Lipinski definition) is 6. The van der Waals surface area contributed by atoms with Crippen LogP contribution in [0.1, 0.15) is 27.3 Å². The monoisotopic (exact) mass is 455 g/mol. The number of amides is 2. The molecule has 0 aliphatic rings. The summed E-state index contributed by atoms with van der Waals surface area (Å²) in [6, 6.07) is 6.17.